The highest BCUT2D eigenvalue weighted by molar-refractivity contribution is 8.13. The summed E-state index contributed by atoms with van der Waals surface area (Å²) in [4.78, 5) is 0. The van der Waals surface area contributed by atoms with E-state index in [-0.39, 0.29) is 18.2 Å². The van der Waals surface area contributed by atoms with Gasteiger partial charge in [0, 0.05) is 22.2 Å². The van der Waals surface area contributed by atoms with Crippen LogP contribution in [-0.2, 0) is 9.05 Å². The smallest absolute Gasteiger partial charge is 0.233 e. The molecule has 120 valence electrons. The third-order valence-electron chi connectivity index (χ3n) is 3.38. The number of hydrogen-bond donors (Lipinski definition) is 0. The molecular formula is C15H22ClFO3S. The summed E-state index contributed by atoms with van der Waals surface area (Å²) >= 11 is 0. The molecule has 0 amide bonds. The third-order valence-corrected chi connectivity index (χ3v) is 4.66. The first-order valence-electron chi connectivity index (χ1n) is 7.11. The highest BCUT2D eigenvalue weighted by Gasteiger charge is 2.34. The number of rotatable bonds is 9. The van der Waals surface area contributed by atoms with Crippen molar-refractivity contribution in [1.82, 2.24) is 0 Å². The molecule has 0 spiro atoms. The third kappa shape index (κ3) is 6.66. The van der Waals surface area contributed by atoms with Crippen LogP contribution in [0.4, 0.5) is 4.39 Å². The van der Waals surface area contributed by atoms with Crippen LogP contribution in [0.5, 0.6) is 5.75 Å². The van der Waals surface area contributed by atoms with Gasteiger partial charge in [-0.2, -0.15) is 0 Å². The molecule has 0 radical (unpaired) electrons. The fourth-order valence-corrected chi connectivity index (χ4v) is 4.47. The molecule has 0 unspecified atom stereocenters. The molecular weight excluding hydrogens is 315 g/mol. The van der Waals surface area contributed by atoms with Gasteiger partial charge in [0.1, 0.15) is 11.6 Å². The van der Waals surface area contributed by atoms with Gasteiger partial charge in [0.05, 0.1) is 12.4 Å². The van der Waals surface area contributed by atoms with Gasteiger partial charge in [0.15, 0.2) is 0 Å². The van der Waals surface area contributed by atoms with E-state index < -0.39 is 14.5 Å². The zero-order chi connectivity index (χ0) is 15.9. The Morgan fingerprint density at radius 3 is 2.33 bits per heavy atom. The van der Waals surface area contributed by atoms with Gasteiger partial charge in [0.2, 0.25) is 9.05 Å². The van der Waals surface area contributed by atoms with E-state index >= 15 is 0 Å². The first-order chi connectivity index (χ1) is 9.80. The minimum Gasteiger partial charge on any atom is -0.493 e. The predicted molar refractivity (Wildman–Crippen MR) is 83.8 cm³/mol. The van der Waals surface area contributed by atoms with Crippen LogP contribution in [0.15, 0.2) is 24.3 Å². The highest BCUT2D eigenvalue weighted by Crippen LogP contribution is 2.33. The summed E-state index contributed by atoms with van der Waals surface area (Å²) in [6.07, 6.45) is 3.06. The Labute approximate surface area is 130 Å². The van der Waals surface area contributed by atoms with Crippen LogP contribution < -0.4 is 4.74 Å². The van der Waals surface area contributed by atoms with E-state index in [4.69, 9.17) is 15.4 Å². The highest BCUT2D eigenvalue weighted by atomic mass is 35.7. The number of ether oxygens (including phenoxy) is 1. The van der Waals surface area contributed by atoms with Crippen molar-refractivity contribution in [3.05, 3.63) is 30.1 Å². The summed E-state index contributed by atoms with van der Waals surface area (Å²) in [5.41, 5.74) is -0.531. The average Bonchev–Trinajstić information content (AvgIpc) is 2.35. The van der Waals surface area contributed by atoms with E-state index in [0.29, 0.717) is 18.6 Å². The van der Waals surface area contributed by atoms with Crippen molar-refractivity contribution >= 4 is 19.7 Å². The van der Waals surface area contributed by atoms with Crippen molar-refractivity contribution in [3.63, 3.8) is 0 Å². The molecule has 0 heterocycles. The van der Waals surface area contributed by atoms with Gasteiger partial charge < -0.3 is 4.74 Å². The van der Waals surface area contributed by atoms with Crippen LogP contribution in [0.3, 0.4) is 0 Å². The fourth-order valence-electron chi connectivity index (χ4n) is 2.67. The first kappa shape index (κ1) is 18.2. The van der Waals surface area contributed by atoms with Crippen molar-refractivity contribution in [1.29, 1.82) is 0 Å². The van der Waals surface area contributed by atoms with Gasteiger partial charge in [-0.1, -0.05) is 32.8 Å². The SMILES string of the molecule is CCCC(CCC)(COc1cccc(F)c1)CS(=O)(=O)Cl. The molecule has 0 aliphatic heterocycles. The Morgan fingerprint density at radius 2 is 1.86 bits per heavy atom. The minimum absolute atomic E-state index is 0.126. The second kappa shape index (κ2) is 7.99. The molecule has 0 atom stereocenters. The number of hydrogen-bond acceptors (Lipinski definition) is 3. The Bertz CT molecular complexity index is 540. The Balaban J connectivity index is 2.89. The van der Waals surface area contributed by atoms with E-state index in [2.05, 4.69) is 0 Å². The summed E-state index contributed by atoms with van der Waals surface area (Å²) < 4.78 is 41.8. The van der Waals surface area contributed by atoms with Crippen LogP contribution in [0.25, 0.3) is 0 Å². The fraction of sp³-hybridized carbons (Fsp3) is 0.600. The number of halogens is 2. The average molecular weight is 337 g/mol. The maximum atomic E-state index is 13.2. The van der Waals surface area contributed by atoms with Crippen LogP contribution in [0, 0.1) is 11.2 Å². The number of benzene rings is 1. The summed E-state index contributed by atoms with van der Waals surface area (Å²) in [5.74, 6) is -0.106. The summed E-state index contributed by atoms with van der Waals surface area (Å²) in [6, 6.07) is 5.84. The molecule has 1 rings (SSSR count). The molecule has 6 heteroatoms. The van der Waals surface area contributed by atoms with Gasteiger partial charge in [-0.15, -0.1) is 0 Å². The molecule has 1 aromatic rings. The maximum Gasteiger partial charge on any atom is 0.233 e. The quantitative estimate of drug-likeness (QED) is 0.629. The molecule has 0 saturated carbocycles. The van der Waals surface area contributed by atoms with E-state index in [9.17, 15) is 12.8 Å². The Hall–Kier alpha value is -0.810. The molecule has 0 N–H and O–H groups in total. The standard InChI is InChI=1S/C15H22ClFO3S/c1-3-8-15(9-4-2,12-21(16,18)19)11-20-14-7-5-6-13(17)10-14/h5-7,10H,3-4,8-9,11-12H2,1-2H3. The van der Waals surface area contributed by atoms with Crippen molar-refractivity contribution < 1.29 is 17.5 Å². The Kier molecular flexibility index (Phi) is 6.94. The molecule has 0 aromatic heterocycles. The second-order valence-corrected chi connectivity index (χ2v) is 8.21. The molecule has 0 saturated heterocycles. The largest absolute Gasteiger partial charge is 0.493 e. The van der Waals surface area contributed by atoms with Gasteiger partial charge in [0.25, 0.3) is 0 Å². The predicted octanol–water partition coefficient (Wildman–Crippen LogP) is 4.36. The molecule has 0 fully saturated rings. The van der Waals surface area contributed by atoms with Gasteiger partial charge in [-0.05, 0) is 25.0 Å². The van der Waals surface area contributed by atoms with Crippen LogP contribution in [0.2, 0.25) is 0 Å². The van der Waals surface area contributed by atoms with E-state index in [1.807, 2.05) is 13.8 Å². The molecule has 3 nitrogen and oxygen atoms in total. The Morgan fingerprint density at radius 1 is 1.24 bits per heavy atom. The van der Waals surface area contributed by atoms with Crippen molar-refractivity contribution in [3.8, 4) is 5.75 Å². The molecule has 0 aliphatic rings. The van der Waals surface area contributed by atoms with Crippen LogP contribution in [-0.4, -0.2) is 20.8 Å². The lowest BCUT2D eigenvalue weighted by atomic mass is 9.82. The minimum atomic E-state index is -3.62. The zero-order valence-corrected chi connectivity index (χ0v) is 14.0. The van der Waals surface area contributed by atoms with E-state index in [1.165, 1.54) is 12.1 Å². The molecule has 0 aliphatic carbocycles. The normalized spacial score (nSPS) is 12.4. The maximum absolute atomic E-state index is 13.2. The topological polar surface area (TPSA) is 43.4 Å². The van der Waals surface area contributed by atoms with E-state index in [1.54, 1.807) is 12.1 Å². The van der Waals surface area contributed by atoms with Gasteiger partial charge in [-0.3, -0.25) is 0 Å². The summed E-state index contributed by atoms with van der Waals surface area (Å²) in [6.45, 7) is 4.20. The van der Waals surface area contributed by atoms with Crippen molar-refractivity contribution in [2.45, 2.75) is 39.5 Å². The van der Waals surface area contributed by atoms with Crippen molar-refractivity contribution in [2.75, 3.05) is 12.4 Å². The van der Waals surface area contributed by atoms with E-state index in [0.717, 1.165) is 12.8 Å². The monoisotopic (exact) mass is 336 g/mol. The van der Waals surface area contributed by atoms with Gasteiger partial charge >= 0.3 is 0 Å². The second-order valence-electron chi connectivity index (χ2n) is 5.43. The lowest BCUT2D eigenvalue weighted by molar-refractivity contribution is 0.141. The molecule has 21 heavy (non-hydrogen) atoms. The van der Waals surface area contributed by atoms with Crippen molar-refractivity contribution in [2.24, 2.45) is 5.41 Å². The zero-order valence-electron chi connectivity index (χ0n) is 12.4. The summed E-state index contributed by atoms with van der Waals surface area (Å²) in [5, 5.41) is 0. The lowest BCUT2D eigenvalue weighted by Crippen LogP contribution is -2.35. The van der Waals surface area contributed by atoms with Crippen LogP contribution in [0.1, 0.15) is 39.5 Å². The van der Waals surface area contributed by atoms with Crippen LogP contribution >= 0.6 is 10.7 Å². The lowest BCUT2D eigenvalue weighted by Gasteiger charge is -2.32. The molecule has 0 bridgehead atoms. The first-order valence-corrected chi connectivity index (χ1v) is 9.59. The van der Waals surface area contributed by atoms with Gasteiger partial charge in [-0.25, -0.2) is 12.8 Å². The molecule has 1 aromatic carbocycles. The summed E-state index contributed by atoms with van der Waals surface area (Å²) in [7, 11) is 1.83.